The van der Waals surface area contributed by atoms with Crippen molar-refractivity contribution < 1.29 is 8.78 Å². The fourth-order valence-electron chi connectivity index (χ4n) is 0.764. The van der Waals surface area contributed by atoms with Crippen molar-refractivity contribution in [3.05, 3.63) is 35.5 Å². The Balaban J connectivity index is 3.00. The van der Waals surface area contributed by atoms with Crippen molar-refractivity contribution in [2.24, 2.45) is 0 Å². The van der Waals surface area contributed by atoms with E-state index in [4.69, 9.17) is 0 Å². The van der Waals surface area contributed by atoms with Crippen molar-refractivity contribution in [1.82, 2.24) is 0 Å². The van der Waals surface area contributed by atoms with Crippen LogP contribution in [0.3, 0.4) is 0 Å². The molecule has 1 rings (SSSR count). The summed E-state index contributed by atoms with van der Waals surface area (Å²) in [6, 6.07) is 0. The SMILES string of the molecule is CC1=C(F)C(F)=CC=CC1. The third-order valence-electron chi connectivity index (χ3n) is 1.39. The van der Waals surface area contributed by atoms with Crippen molar-refractivity contribution in [2.45, 2.75) is 13.3 Å². The Bertz CT molecular complexity index is 216. The molecule has 0 saturated carbocycles. The fraction of sp³-hybridized carbons (Fsp3) is 0.250. The average molecular weight is 142 g/mol. The number of hydrogen-bond donors (Lipinski definition) is 0. The monoisotopic (exact) mass is 142 g/mol. The van der Waals surface area contributed by atoms with Gasteiger partial charge in [-0.3, -0.25) is 0 Å². The first-order valence-corrected chi connectivity index (χ1v) is 3.10. The highest BCUT2D eigenvalue weighted by atomic mass is 19.2. The minimum atomic E-state index is -0.772. The normalized spacial score (nSPS) is 18.9. The lowest BCUT2D eigenvalue weighted by atomic mass is 10.2. The van der Waals surface area contributed by atoms with Gasteiger partial charge in [0.25, 0.3) is 0 Å². The van der Waals surface area contributed by atoms with E-state index in [1.54, 1.807) is 13.0 Å². The molecule has 0 spiro atoms. The van der Waals surface area contributed by atoms with Crippen LogP contribution in [-0.4, -0.2) is 0 Å². The minimum absolute atomic E-state index is 0.447. The summed E-state index contributed by atoms with van der Waals surface area (Å²) in [5.74, 6) is -1.49. The molecule has 0 aromatic carbocycles. The maximum Gasteiger partial charge on any atom is 0.158 e. The Morgan fingerprint density at radius 1 is 1.40 bits per heavy atom. The zero-order chi connectivity index (χ0) is 7.56. The molecule has 0 nitrogen and oxygen atoms in total. The van der Waals surface area contributed by atoms with Gasteiger partial charge in [0.15, 0.2) is 11.7 Å². The lowest BCUT2D eigenvalue weighted by Gasteiger charge is -1.94. The van der Waals surface area contributed by atoms with E-state index in [2.05, 4.69) is 0 Å². The molecule has 0 heterocycles. The second kappa shape index (κ2) is 2.78. The summed E-state index contributed by atoms with van der Waals surface area (Å²) in [4.78, 5) is 0. The van der Waals surface area contributed by atoms with Gasteiger partial charge in [0.2, 0.25) is 0 Å². The van der Waals surface area contributed by atoms with Crippen molar-refractivity contribution in [3.63, 3.8) is 0 Å². The van der Waals surface area contributed by atoms with E-state index in [1.807, 2.05) is 0 Å². The molecule has 1 aliphatic rings. The summed E-state index contributed by atoms with van der Waals surface area (Å²) >= 11 is 0. The van der Waals surface area contributed by atoms with Gasteiger partial charge >= 0.3 is 0 Å². The highest BCUT2D eigenvalue weighted by Crippen LogP contribution is 2.22. The first-order valence-electron chi connectivity index (χ1n) is 3.10. The van der Waals surface area contributed by atoms with Crippen LogP contribution >= 0.6 is 0 Å². The zero-order valence-electron chi connectivity index (χ0n) is 5.70. The van der Waals surface area contributed by atoms with E-state index in [1.165, 1.54) is 6.08 Å². The lowest BCUT2D eigenvalue weighted by molar-refractivity contribution is 0.537. The van der Waals surface area contributed by atoms with Crippen LogP contribution in [-0.2, 0) is 0 Å². The molecule has 54 valence electrons. The van der Waals surface area contributed by atoms with Gasteiger partial charge in [0.1, 0.15) is 0 Å². The van der Waals surface area contributed by atoms with Crippen LogP contribution in [0.5, 0.6) is 0 Å². The van der Waals surface area contributed by atoms with E-state index in [0.29, 0.717) is 12.0 Å². The van der Waals surface area contributed by atoms with Crippen LogP contribution in [0.25, 0.3) is 0 Å². The molecule has 0 saturated heterocycles. The van der Waals surface area contributed by atoms with Crippen molar-refractivity contribution in [1.29, 1.82) is 0 Å². The van der Waals surface area contributed by atoms with E-state index < -0.39 is 11.7 Å². The molecule has 0 aromatic heterocycles. The van der Waals surface area contributed by atoms with Crippen LogP contribution in [0.15, 0.2) is 35.5 Å². The summed E-state index contributed by atoms with van der Waals surface area (Å²) in [5, 5.41) is 0. The van der Waals surface area contributed by atoms with E-state index in [9.17, 15) is 8.78 Å². The lowest BCUT2D eigenvalue weighted by Crippen LogP contribution is -1.79. The van der Waals surface area contributed by atoms with Gasteiger partial charge in [-0.25, -0.2) is 8.78 Å². The maximum absolute atomic E-state index is 12.6. The Kier molecular flexibility index (Phi) is 2.00. The topological polar surface area (TPSA) is 0 Å². The van der Waals surface area contributed by atoms with Gasteiger partial charge < -0.3 is 0 Å². The van der Waals surface area contributed by atoms with Gasteiger partial charge in [0.05, 0.1) is 0 Å². The summed E-state index contributed by atoms with van der Waals surface area (Å²) in [7, 11) is 0. The summed E-state index contributed by atoms with van der Waals surface area (Å²) < 4.78 is 25.1. The zero-order valence-corrected chi connectivity index (χ0v) is 5.70. The Morgan fingerprint density at radius 3 is 2.80 bits per heavy atom. The summed E-state index contributed by atoms with van der Waals surface area (Å²) in [6.07, 6.45) is 4.87. The van der Waals surface area contributed by atoms with E-state index in [0.717, 1.165) is 6.08 Å². The molecule has 0 radical (unpaired) electrons. The van der Waals surface area contributed by atoms with Gasteiger partial charge in [-0.2, -0.15) is 0 Å². The van der Waals surface area contributed by atoms with Gasteiger partial charge in [-0.05, 0) is 25.0 Å². The average Bonchev–Trinajstić information content (AvgIpc) is 2.04. The van der Waals surface area contributed by atoms with Gasteiger partial charge in [-0.1, -0.05) is 12.2 Å². The maximum atomic E-state index is 12.6. The summed E-state index contributed by atoms with van der Waals surface area (Å²) in [6.45, 7) is 1.58. The fourth-order valence-corrected chi connectivity index (χ4v) is 0.764. The minimum Gasteiger partial charge on any atom is -0.204 e. The molecule has 2 heteroatoms. The van der Waals surface area contributed by atoms with Crippen LogP contribution in [0, 0.1) is 0 Å². The molecule has 0 unspecified atom stereocenters. The molecule has 0 aromatic rings. The summed E-state index contributed by atoms with van der Waals surface area (Å²) in [5.41, 5.74) is 0.447. The molecular weight excluding hydrogens is 134 g/mol. The second-order valence-electron chi connectivity index (χ2n) is 2.24. The van der Waals surface area contributed by atoms with E-state index >= 15 is 0 Å². The first-order chi connectivity index (χ1) is 4.72. The third kappa shape index (κ3) is 1.32. The molecule has 10 heavy (non-hydrogen) atoms. The van der Waals surface area contributed by atoms with Crippen LogP contribution in [0.4, 0.5) is 8.78 Å². The Labute approximate surface area is 58.6 Å². The second-order valence-corrected chi connectivity index (χ2v) is 2.24. The van der Waals surface area contributed by atoms with Crippen molar-refractivity contribution in [3.8, 4) is 0 Å². The smallest absolute Gasteiger partial charge is 0.158 e. The number of halogens is 2. The number of rotatable bonds is 0. The van der Waals surface area contributed by atoms with Crippen LogP contribution in [0.1, 0.15) is 13.3 Å². The quantitative estimate of drug-likeness (QED) is 0.487. The molecule has 0 atom stereocenters. The highest BCUT2D eigenvalue weighted by Gasteiger charge is 2.07. The molecule has 0 N–H and O–H groups in total. The number of allylic oxidation sites excluding steroid dienone is 6. The molecule has 0 amide bonds. The largest absolute Gasteiger partial charge is 0.204 e. The standard InChI is InChI=1S/C8H8F2/c1-6-4-2-3-5-7(9)8(6)10/h2-3,5H,4H2,1H3. The van der Waals surface area contributed by atoms with Gasteiger partial charge in [-0.15, -0.1) is 0 Å². The van der Waals surface area contributed by atoms with Crippen molar-refractivity contribution >= 4 is 0 Å². The molecule has 0 aliphatic heterocycles. The van der Waals surface area contributed by atoms with Crippen molar-refractivity contribution in [2.75, 3.05) is 0 Å². The number of hydrogen-bond acceptors (Lipinski definition) is 0. The highest BCUT2D eigenvalue weighted by molar-refractivity contribution is 5.31. The molecule has 1 aliphatic carbocycles. The van der Waals surface area contributed by atoms with Gasteiger partial charge in [0, 0.05) is 0 Å². The molecular formula is C8H8F2. The van der Waals surface area contributed by atoms with Crippen LogP contribution < -0.4 is 0 Å². The predicted octanol–water partition coefficient (Wildman–Crippen LogP) is 3.04. The third-order valence-corrected chi connectivity index (χ3v) is 1.39. The van der Waals surface area contributed by atoms with Crippen LogP contribution in [0.2, 0.25) is 0 Å². The first kappa shape index (κ1) is 7.19. The molecule has 0 fully saturated rings. The predicted molar refractivity (Wildman–Crippen MR) is 36.8 cm³/mol. The Morgan fingerprint density at radius 2 is 2.10 bits per heavy atom. The Hall–Kier alpha value is -0.920. The molecule has 0 bridgehead atoms. The van der Waals surface area contributed by atoms with E-state index in [-0.39, 0.29) is 0 Å².